The minimum Gasteiger partial charge on any atom is -0.337 e. The van der Waals surface area contributed by atoms with Crippen molar-refractivity contribution in [3.63, 3.8) is 0 Å². The number of hydrogen-bond acceptors (Lipinski definition) is 4. The van der Waals surface area contributed by atoms with Gasteiger partial charge < -0.3 is 9.42 Å². The van der Waals surface area contributed by atoms with E-state index >= 15 is 0 Å². The Morgan fingerprint density at radius 2 is 1.96 bits per heavy atom. The van der Waals surface area contributed by atoms with Crippen molar-refractivity contribution >= 4 is 35.2 Å². The molecule has 5 nitrogen and oxygen atoms in total. The molecule has 2 aromatic carbocycles. The Bertz CT molecular complexity index is 939. The lowest BCUT2D eigenvalue weighted by atomic mass is 10.2. The first-order valence-corrected chi connectivity index (χ1v) is 8.55. The van der Waals surface area contributed by atoms with Crippen LogP contribution in [0.2, 0.25) is 10.0 Å². The van der Waals surface area contributed by atoms with E-state index < -0.39 is 0 Å². The van der Waals surface area contributed by atoms with Crippen LogP contribution in [0.5, 0.6) is 0 Å². The molecule has 0 aliphatic heterocycles. The van der Waals surface area contributed by atoms with Crippen LogP contribution in [0.1, 0.15) is 11.5 Å². The second-order valence-electron chi connectivity index (χ2n) is 5.57. The van der Waals surface area contributed by atoms with Crippen molar-refractivity contribution in [3.05, 3.63) is 76.1 Å². The molecular formula is C19H15Cl2N3O2. The molecule has 0 unspecified atom stereocenters. The number of halogens is 2. The summed E-state index contributed by atoms with van der Waals surface area (Å²) >= 11 is 11.9. The number of likely N-dealkylation sites (N-methyl/N-ethyl adjacent to an activating group) is 1. The van der Waals surface area contributed by atoms with Crippen LogP contribution >= 0.6 is 23.2 Å². The summed E-state index contributed by atoms with van der Waals surface area (Å²) in [7, 11) is 1.66. The van der Waals surface area contributed by atoms with Crippen LogP contribution in [0.15, 0.2) is 59.1 Å². The van der Waals surface area contributed by atoms with Crippen molar-refractivity contribution in [2.45, 2.75) is 6.54 Å². The molecule has 0 radical (unpaired) electrons. The molecule has 0 spiro atoms. The van der Waals surface area contributed by atoms with Crippen LogP contribution in [0.3, 0.4) is 0 Å². The van der Waals surface area contributed by atoms with Gasteiger partial charge in [-0.1, -0.05) is 64.8 Å². The number of rotatable bonds is 5. The van der Waals surface area contributed by atoms with E-state index in [0.717, 1.165) is 5.56 Å². The van der Waals surface area contributed by atoms with Gasteiger partial charge in [0, 0.05) is 28.7 Å². The summed E-state index contributed by atoms with van der Waals surface area (Å²) in [6.07, 6.45) is 3.07. The van der Waals surface area contributed by atoms with Gasteiger partial charge in [0.05, 0.1) is 6.54 Å². The summed E-state index contributed by atoms with van der Waals surface area (Å²) < 4.78 is 5.22. The number of benzene rings is 2. The molecule has 1 heterocycles. The van der Waals surface area contributed by atoms with Crippen LogP contribution in [0.25, 0.3) is 17.5 Å². The van der Waals surface area contributed by atoms with Crippen molar-refractivity contribution in [2.75, 3.05) is 7.05 Å². The lowest BCUT2D eigenvalue weighted by Gasteiger charge is -2.11. The molecule has 0 fully saturated rings. The molecule has 1 amide bonds. The molecule has 1 aromatic heterocycles. The lowest BCUT2D eigenvalue weighted by Crippen LogP contribution is -2.24. The predicted octanol–water partition coefficient (Wildman–Crippen LogP) is 4.72. The predicted molar refractivity (Wildman–Crippen MR) is 102 cm³/mol. The second kappa shape index (κ2) is 8.17. The summed E-state index contributed by atoms with van der Waals surface area (Å²) in [5, 5.41) is 4.96. The van der Waals surface area contributed by atoms with Crippen LogP contribution in [0.4, 0.5) is 0 Å². The first kappa shape index (κ1) is 18.2. The average Bonchev–Trinajstić information content (AvgIpc) is 3.10. The molecule has 26 heavy (non-hydrogen) atoms. The summed E-state index contributed by atoms with van der Waals surface area (Å²) in [6.45, 7) is 0.206. The second-order valence-corrected chi connectivity index (χ2v) is 6.41. The van der Waals surface area contributed by atoms with E-state index in [1.54, 1.807) is 31.3 Å². The van der Waals surface area contributed by atoms with Gasteiger partial charge in [-0.3, -0.25) is 4.79 Å². The Kier molecular flexibility index (Phi) is 5.71. The normalized spacial score (nSPS) is 11.0. The number of amides is 1. The molecule has 7 heteroatoms. The highest BCUT2D eigenvalue weighted by Crippen LogP contribution is 2.22. The summed E-state index contributed by atoms with van der Waals surface area (Å²) in [4.78, 5) is 18.0. The third kappa shape index (κ3) is 4.50. The van der Waals surface area contributed by atoms with E-state index in [2.05, 4.69) is 10.1 Å². The third-order valence-corrected chi connectivity index (χ3v) is 4.18. The first-order chi connectivity index (χ1) is 12.5. The number of carbonyl (C=O) groups is 1. The summed E-state index contributed by atoms with van der Waals surface area (Å²) in [6, 6.07) is 14.6. The van der Waals surface area contributed by atoms with Crippen molar-refractivity contribution < 1.29 is 9.32 Å². The van der Waals surface area contributed by atoms with Gasteiger partial charge in [0.25, 0.3) is 0 Å². The number of nitrogens with zero attached hydrogens (tertiary/aromatic N) is 3. The van der Waals surface area contributed by atoms with E-state index in [-0.39, 0.29) is 12.5 Å². The Hall–Kier alpha value is -2.63. The van der Waals surface area contributed by atoms with Gasteiger partial charge in [0.1, 0.15) is 0 Å². The maximum Gasteiger partial charge on any atom is 0.246 e. The quantitative estimate of drug-likeness (QED) is 0.594. The Morgan fingerprint density at radius 3 is 2.69 bits per heavy atom. The zero-order valence-electron chi connectivity index (χ0n) is 13.9. The largest absolute Gasteiger partial charge is 0.337 e. The molecule has 0 N–H and O–H groups in total. The smallest absolute Gasteiger partial charge is 0.246 e. The molecule has 0 saturated heterocycles. The molecule has 0 saturated carbocycles. The summed E-state index contributed by atoms with van der Waals surface area (Å²) in [5.74, 6) is 0.637. The van der Waals surface area contributed by atoms with Crippen molar-refractivity contribution in [3.8, 4) is 11.4 Å². The third-order valence-electron chi connectivity index (χ3n) is 3.62. The fourth-order valence-electron chi connectivity index (χ4n) is 2.23. The molecule has 0 bridgehead atoms. The topological polar surface area (TPSA) is 59.2 Å². The fourth-order valence-corrected chi connectivity index (χ4v) is 2.70. The SMILES string of the molecule is CN(Cc1nc(-c2ccccc2)no1)C(=O)/C=C/c1ccc(Cl)cc1Cl. The van der Waals surface area contributed by atoms with Gasteiger partial charge in [-0.2, -0.15) is 4.98 Å². The first-order valence-electron chi connectivity index (χ1n) is 7.79. The maximum atomic E-state index is 12.3. The van der Waals surface area contributed by atoms with E-state index in [0.29, 0.717) is 27.3 Å². The van der Waals surface area contributed by atoms with E-state index in [4.69, 9.17) is 27.7 Å². The minimum atomic E-state index is -0.213. The van der Waals surface area contributed by atoms with Gasteiger partial charge in [0.15, 0.2) is 0 Å². The van der Waals surface area contributed by atoms with Crippen molar-refractivity contribution in [1.82, 2.24) is 15.0 Å². The molecule has 0 aliphatic rings. The molecule has 3 rings (SSSR count). The monoisotopic (exact) mass is 387 g/mol. The van der Waals surface area contributed by atoms with E-state index in [9.17, 15) is 4.79 Å². The van der Waals surface area contributed by atoms with Gasteiger partial charge >= 0.3 is 0 Å². The van der Waals surface area contributed by atoms with Gasteiger partial charge in [-0.25, -0.2) is 0 Å². The van der Waals surface area contributed by atoms with Crippen LogP contribution in [-0.2, 0) is 11.3 Å². The van der Waals surface area contributed by atoms with Crippen molar-refractivity contribution in [2.24, 2.45) is 0 Å². The van der Waals surface area contributed by atoms with E-state index in [1.807, 2.05) is 30.3 Å². The molecule has 0 aliphatic carbocycles. The number of aromatic nitrogens is 2. The van der Waals surface area contributed by atoms with Crippen LogP contribution < -0.4 is 0 Å². The van der Waals surface area contributed by atoms with Gasteiger partial charge in [-0.05, 0) is 23.8 Å². The Morgan fingerprint density at radius 1 is 1.19 bits per heavy atom. The minimum absolute atomic E-state index is 0.206. The molecule has 0 atom stereocenters. The zero-order chi connectivity index (χ0) is 18.5. The summed E-state index contributed by atoms with van der Waals surface area (Å²) in [5.41, 5.74) is 1.57. The van der Waals surface area contributed by atoms with Gasteiger partial charge in [-0.15, -0.1) is 0 Å². The Balaban J connectivity index is 1.64. The van der Waals surface area contributed by atoms with Crippen LogP contribution in [0, 0.1) is 0 Å². The highest BCUT2D eigenvalue weighted by Gasteiger charge is 2.13. The lowest BCUT2D eigenvalue weighted by molar-refractivity contribution is -0.125. The standard InChI is InChI=1S/C19H15Cl2N3O2/c1-24(18(25)10-8-13-7-9-15(20)11-16(13)21)12-17-22-19(23-26-17)14-5-3-2-4-6-14/h2-11H,12H2,1H3/b10-8+. The zero-order valence-corrected chi connectivity index (χ0v) is 15.4. The molecular weight excluding hydrogens is 373 g/mol. The fraction of sp³-hybridized carbons (Fsp3) is 0.105. The Labute approximate surface area is 160 Å². The highest BCUT2D eigenvalue weighted by molar-refractivity contribution is 6.35. The maximum absolute atomic E-state index is 12.3. The molecule has 3 aromatic rings. The van der Waals surface area contributed by atoms with Crippen LogP contribution in [-0.4, -0.2) is 28.0 Å². The van der Waals surface area contributed by atoms with Gasteiger partial charge in [0.2, 0.25) is 17.6 Å². The average molecular weight is 388 g/mol. The number of hydrogen-bond donors (Lipinski definition) is 0. The molecule has 132 valence electrons. The van der Waals surface area contributed by atoms with Crippen molar-refractivity contribution in [1.29, 1.82) is 0 Å². The number of carbonyl (C=O) groups excluding carboxylic acids is 1. The highest BCUT2D eigenvalue weighted by atomic mass is 35.5. The van der Waals surface area contributed by atoms with E-state index in [1.165, 1.54) is 11.0 Å².